The van der Waals surface area contributed by atoms with E-state index in [2.05, 4.69) is 4.74 Å². The number of Topliss-reactive ketones (excluding diaryl/α,β-unsaturated/α-hetero) is 1. The maximum Gasteiger partial charge on any atom is 0.348 e. The molecule has 1 aromatic rings. The third-order valence-corrected chi connectivity index (χ3v) is 2.28. The van der Waals surface area contributed by atoms with Crippen LogP contribution in [-0.4, -0.2) is 18.9 Å². The lowest BCUT2D eigenvalue weighted by molar-refractivity contribution is 0.0606. The van der Waals surface area contributed by atoms with Crippen LogP contribution in [0.3, 0.4) is 0 Å². The lowest BCUT2D eigenvalue weighted by Gasteiger charge is -1.91. The van der Waals surface area contributed by atoms with Gasteiger partial charge in [-0.15, -0.1) is 11.3 Å². The molecule has 0 aromatic carbocycles. The van der Waals surface area contributed by atoms with Gasteiger partial charge in [-0.2, -0.15) is 0 Å². The fraction of sp³-hybridized carbons (Fsp3) is 0.250. The summed E-state index contributed by atoms with van der Waals surface area (Å²) < 4.78 is 25.2. The quantitative estimate of drug-likeness (QED) is 0.523. The zero-order chi connectivity index (χ0) is 11.6. The second-order valence-electron chi connectivity index (χ2n) is 1.98. The number of ether oxygens (including phenoxy) is 1. The maximum absolute atomic E-state index is 11.3. The van der Waals surface area contributed by atoms with E-state index in [0.29, 0.717) is 0 Å². The Morgan fingerprint density at radius 2 is 2.17 bits per heavy atom. The van der Waals surface area contributed by atoms with Crippen molar-refractivity contribution in [2.45, 2.75) is 6.85 Å². The van der Waals surface area contributed by atoms with E-state index in [1.165, 1.54) is 19.2 Å². The van der Waals surface area contributed by atoms with Gasteiger partial charge in [-0.3, -0.25) is 4.79 Å². The third kappa shape index (κ3) is 1.71. The molecule has 0 saturated carbocycles. The van der Waals surface area contributed by atoms with E-state index in [9.17, 15) is 9.59 Å². The van der Waals surface area contributed by atoms with Crippen LogP contribution in [0, 0.1) is 0 Å². The Balaban J connectivity index is 2.95. The van der Waals surface area contributed by atoms with Crippen molar-refractivity contribution in [3.63, 3.8) is 0 Å². The zero-order valence-corrected chi connectivity index (χ0v) is 7.10. The molecule has 0 atom stereocenters. The van der Waals surface area contributed by atoms with Gasteiger partial charge < -0.3 is 4.74 Å². The SMILES string of the molecule is [2H]C([2H])([2H])C(=O)c1ccc(C(=O)OC)s1. The smallest absolute Gasteiger partial charge is 0.348 e. The van der Waals surface area contributed by atoms with Crippen molar-refractivity contribution in [3.05, 3.63) is 21.9 Å². The van der Waals surface area contributed by atoms with E-state index in [4.69, 9.17) is 4.11 Å². The number of methoxy groups -OCH3 is 1. The summed E-state index contributed by atoms with van der Waals surface area (Å²) in [7, 11) is 1.22. The molecule has 64 valence electrons. The van der Waals surface area contributed by atoms with E-state index in [-0.39, 0.29) is 9.75 Å². The Bertz CT molecular complexity index is 394. The molecule has 0 amide bonds. The van der Waals surface area contributed by atoms with Gasteiger partial charge >= 0.3 is 5.97 Å². The lowest BCUT2D eigenvalue weighted by Crippen LogP contribution is -1.96. The maximum atomic E-state index is 11.3. The largest absolute Gasteiger partial charge is 0.465 e. The molecule has 0 saturated heterocycles. The number of rotatable bonds is 2. The molecule has 3 nitrogen and oxygen atoms in total. The van der Waals surface area contributed by atoms with Crippen LogP contribution in [-0.2, 0) is 4.74 Å². The summed E-state index contributed by atoms with van der Waals surface area (Å²) in [4.78, 5) is 22.6. The summed E-state index contributed by atoms with van der Waals surface area (Å²) >= 11 is 0.816. The molecule has 1 heterocycles. The van der Waals surface area contributed by atoms with Gasteiger partial charge in [0.2, 0.25) is 0 Å². The normalized spacial score (nSPS) is 14.2. The molecule has 1 aromatic heterocycles. The second-order valence-corrected chi connectivity index (χ2v) is 3.07. The van der Waals surface area contributed by atoms with Crippen LogP contribution >= 0.6 is 11.3 Å². The van der Waals surface area contributed by atoms with Crippen LogP contribution in [0.1, 0.15) is 30.3 Å². The summed E-state index contributed by atoms with van der Waals surface area (Å²) in [5, 5.41) is 0. The molecule has 0 fully saturated rings. The molecular weight excluding hydrogens is 176 g/mol. The predicted octanol–water partition coefficient (Wildman–Crippen LogP) is 1.74. The number of carbonyl (C=O) groups is 2. The standard InChI is InChI=1S/C8H8O3S/c1-5(9)6-3-4-7(12-6)8(10)11-2/h3-4H,1-2H3/i1D3. The van der Waals surface area contributed by atoms with Gasteiger partial charge in [0.25, 0.3) is 0 Å². The van der Waals surface area contributed by atoms with E-state index < -0.39 is 18.6 Å². The highest BCUT2D eigenvalue weighted by Crippen LogP contribution is 2.17. The Kier molecular flexibility index (Phi) is 1.59. The fourth-order valence-electron chi connectivity index (χ4n) is 0.670. The van der Waals surface area contributed by atoms with E-state index >= 15 is 0 Å². The molecule has 0 aliphatic carbocycles. The second kappa shape index (κ2) is 3.49. The average molecular weight is 187 g/mol. The van der Waals surface area contributed by atoms with Crippen molar-refractivity contribution < 1.29 is 18.4 Å². The predicted molar refractivity (Wildman–Crippen MR) is 45.7 cm³/mol. The summed E-state index contributed by atoms with van der Waals surface area (Å²) in [5.74, 6) is -1.53. The number of ketones is 1. The highest BCUT2D eigenvalue weighted by atomic mass is 32.1. The summed E-state index contributed by atoms with van der Waals surface area (Å²) in [5.41, 5.74) is 0. The molecule has 0 N–H and O–H groups in total. The van der Waals surface area contributed by atoms with Crippen molar-refractivity contribution in [2.24, 2.45) is 0 Å². The van der Waals surface area contributed by atoms with E-state index in [0.717, 1.165) is 11.3 Å². The molecule has 0 aliphatic heterocycles. The minimum atomic E-state index is -2.67. The highest BCUT2D eigenvalue weighted by Gasteiger charge is 2.10. The van der Waals surface area contributed by atoms with Crippen molar-refractivity contribution in [3.8, 4) is 0 Å². The third-order valence-electron chi connectivity index (χ3n) is 1.22. The van der Waals surface area contributed by atoms with Crippen LogP contribution < -0.4 is 0 Å². The van der Waals surface area contributed by atoms with Crippen LogP contribution in [0.15, 0.2) is 12.1 Å². The van der Waals surface area contributed by atoms with E-state index in [1.54, 1.807) is 0 Å². The average Bonchev–Trinajstić information content (AvgIpc) is 2.62. The van der Waals surface area contributed by atoms with Crippen LogP contribution in [0.5, 0.6) is 0 Å². The van der Waals surface area contributed by atoms with Gasteiger partial charge in [-0.1, -0.05) is 0 Å². The number of hydrogen-bond acceptors (Lipinski definition) is 4. The van der Waals surface area contributed by atoms with Gasteiger partial charge in [-0.05, 0) is 19.0 Å². The van der Waals surface area contributed by atoms with Crippen molar-refractivity contribution >= 4 is 23.1 Å². The molecule has 0 radical (unpaired) electrons. The monoisotopic (exact) mass is 187 g/mol. The first kappa shape index (κ1) is 5.48. The number of carbonyl (C=O) groups excluding carboxylic acids is 2. The minimum absolute atomic E-state index is 0.0374. The first-order valence-corrected chi connectivity index (χ1v) is 3.91. The fourth-order valence-corrected chi connectivity index (χ4v) is 1.44. The van der Waals surface area contributed by atoms with Crippen molar-refractivity contribution in [2.75, 3.05) is 7.11 Å². The molecule has 12 heavy (non-hydrogen) atoms. The molecule has 0 bridgehead atoms. The lowest BCUT2D eigenvalue weighted by atomic mass is 10.3. The number of hydrogen-bond donors (Lipinski definition) is 0. The minimum Gasteiger partial charge on any atom is -0.465 e. The molecule has 0 spiro atoms. The summed E-state index contributed by atoms with van der Waals surface area (Å²) in [6.07, 6.45) is 0. The van der Waals surface area contributed by atoms with Gasteiger partial charge in [0.15, 0.2) is 5.78 Å². The van der Waals surface area contributed by atoms with Crippen LogP contribution in [0.2, 0.25) is 0 Å². The first-order valence-electron chi connectivity index (χ1n) is 4.59. The van der Waals surface area contributed by atoms with Crippen molar-refractivity contribution in [1.29, 1.82) is 0 Å². The molecule has 0 unspecified atom stereocenters. The van der Waals surface area contributed by atoms with Crippen LogP contribution in [0.25, 0.3) is 0 Å². The highest BCUT2D eigenvalue weighted by molar-refractivity contribution is 7.15. The number of thiophene rings is 1. The molecule has 4 heteroatoms. The van der Waals surface area contributed by atoms with Gasteiger partial charge in [0.05, 0.1) is 12.0 Å². The van der Waals surface area contributed by atoms with Gasteiger partial charge in [-0.25, -0.2) is 4.79 Å². The summed E-state index contributed by atoms with van der Waals surface area (Å²) in [6, 6.07) is 2.68. The summed E-state index contributed by atoms with van der Waals surface area (Å²) in [6.45, 7) is -2.67. The molecule has 1 rings (SSSR count). The van der Waals surface area contributed by atoms with Gasteiger partial charge in [0.1, 0.15) is 4.88 Å². The van der Waals surface area contributed by atoms with Crippen molar-refractivity contribution in [1.82, 2.24) is 0 Å². The Morgan fingerprint density at radius 1 is 1.50 bits per heavy atom. The Hall–Kier alpha value is -1.16. The molecular formula is C8H8O3S. The van der Waals surface area contributed by atoms with E-state index in [1.807, 2.05) is 0 Å². The number of esters is 1. The molecule has 0 aliphatic rings. The topological polar surface area (TPSA) is 43.4 Å². The van der Waals surface area contributed by atoms with Gasteiger partial charge in [0, 0.05) is 4.11 Å². The Labute approximate surface area is 78.2 Å². The van der Waals surface area contributed by atoms with Crippen LogP contribution in [0.4, 0.5) is 0 Å². The Morgan fingerprint density at radius 3 is 2.75 bits per heavy atom. The zero-order valence-electron chi connectivity index (χ0n) is 9.29. The first-order chi connectivity index (χ1) is 6.86.